The second-order valence-corrected chi connectivity index (χ2v) is 5.44. The van der Waals surface area contributed by atoms with Gasteiger partial charge in [-0.1, -0.05) is 12.1 Å². The summed E-state index contributed by atoms with van der Waals surface area (Å²) in [5, 5.41) is 19.9. The van der Waals surface area contributed by atoms with Gasteiger partial charge in [0.05, 0.1) is 17.9 Å². The average molecular weight is 346 g/mol. The third-order valence-electron chi connectivity index (χ3n) is 3.07. The highest BCUT2D eigenvalue weighted by atomic mass is 79.9. The lowest BCUT2D eigenvalue weighted by molar-refractivity contribution is 0.282. The first-order valence-corrected chi connectivity index (χ1v) is 7.07. The summed E-state index contributed by atoms with van der Waals surface area (Å²) in [6.45, 7) is -0.0292. The van der Waals surface area contributed by atoms with Gasteiger partial charge in [-0.3, -0.25) is 4.99 Å². The van der Waals surface area contributed by atoms with E-state index in [1.807, 2.05) is 24.3 Å². The summed E-state index contributed by atoms with van der Waals surface area (Å²) >= 11 is 3.36. The quantitative estimate of drug-likeness (QED) is 0.637. The summed E-state index contributed by atoms with van der Waals surface area (Å²) < 4.78 is 0.825. The number of nitrogens with zero attached hydrogens (tertiary/aromatic N) is 2. The van der Waals surface area contributed by atoms with Gasteiger partial charge in [0.15, 0.2) is 5.88 Å². The molecule has 3 aromatic rings. The highest BCUT2D eigenvalue weighted by molar-refractivity contribution is 9.10. The minimum absolute atomic E-state index is 0.0256. The van der Waals surface area contributed by atoms with Crippen LogP contribution < -0.4 is 0 Å². The van der Waals surface area contributed by atoms with Crippen molar-refractivity contribution < 1.29 is 10.2 Å². The fourth-order valence-corrected chi connectivity index (χ4v) is 2.39. The Balaban J connectivity index is 2.02. The third kappa shape index (κ3) is 2.81. The maximum absolute atomic E-state index is 9.96. The van der Waals surface area contributed by atoms with E-state index in [9.17, 15) is 5.11 Å². The van der Waals surface area contributed by atoms with Crippen LogP contribution in [0.3, 0.4) is 0 Å². The van der Waals surface area contributed by atoms with Crippen molar-refractivity contribution in [3.63, 3.8) is 0 Å². The van der Waals surface area contributed by atoms with Crippen molar-refractivity contribution in [3.05, 3.63) is 52.1 Å². The van der Waals surface area contributed by atoms with Crippen molar-refractivity contribution in [2.45, 2.75) is 6.61 Å². The predicted octanol–water partition coefficient (Wildman–Crippen LogP) is 3.27. The monoisotopic (exact) mass is 345 g/mol. The molecule has 0 bridgehead atoms. The zero-order chi connectivity index (χ0) is 14.8. The molecule has 0 spiro atoms. The fourth-order valence-electron chi connectivity index (χ4n) is 2.06. The zero-order valence-electron chi connectivity index (χ0n) is 10.9. The van der Waals surface area contributed by atoms with Crippen LogP contribution in [0.4, 0.5) is 5.69 Å². The average Bonchev–Trinajstić information content (AvgIpc) is 2.80. The standard InChI is InChI=1S/C15H12BrN3O2/c16-10-5-12-13(15(21)19-14(12)18-6-10)7-17-11-3-1-2-9(4-11)8-20/h1-7,20-21H,8H2,(H,18,19). The first-order valence-electron chi connectivity index (χ1n) is 6.27. The van der Waals surface area contributed by atoms with Crippen LogP contribution in [0.25, 0.3) is 11.0 Å². The molecule has 0 aliphatic carbocycles. The van der Waals surface area contributed by atoms with Gasteiger partial charge in [-0.05, 0) is 39.7 Å². The molecule has 2 aromatic heterocycles. The molecule has 1 aromatic carbocycles. The Bertz CT molecular complexity index is 827. The van der Waals surface area contributed by atoms with Gasteiger partial charge in [0.2, 0.25) is 0 Å². The topological polar surface area (TPSA) is 81.5 Å². The van der Waals surface area contributed by atoms with E-state index in [2.05, 4.69) is 30.9 Å². The Labute approximate surface area is 129 Å². The molecule has 0 unspecified atom stereocenters. The number of aliphatic hydroxyl groups is 1. The second kappa shape index (κ2) is 5.67. The molecule has 0 fully saturated rings. The van der Waals surface area contributed by atoms with Crippen molar-refractivity contribution in [2.75, 3.05) is 0 Å². The Morgan fingerprint density at radius 3 is 3.00 bits per heavy atom. The first-order chi connectivity index (χ1) is 10.2. The van der Waals surface area contributed by atoms with E-state index in [0.717, 1.165) is 15.4 Å². The van der Waals surface area contributed by atoms with Crippen LogP contribution in [0.1, 0.15) is 11.1 Å². The Morgan fingerprint density at radius 1 is 1.33 bits per heavy atom. The number of aliphatic hydroxyl groups excluding tert-OH is 1. The van der Waals surface area contributed by atoms with Crippen LogP contribution in [0.5, 0.6) is 5.88 Å². The summed E-state index contributed by atoms with van der Waals surface area (Å²) in [6.07, 6.45) is 3.24. The number of aromatic nitrogens is 2. The molecule has 21 heavy (non-hydrogen) atoms. The number of aromatic amines is 1. The molecule has 0 saturated carbocycles. The molecular formula is C15H12BrN3O2. The van der Waals surface area contributed by atoms with Crippen molar-refractivity contribution in [1.82, 2.24) is 9.97 Å². The maximum Gasteiger partial charge on any atom is 0.199 e. The van der Waals surface area contributed by atoms with Crippen LogP contribution >= 0.6 is 15.9 Å². The number of hydrogen-bond donors (Lipinski definition) is 3. The Kier molecular flexibility index (Phi) is 3.72. The summed E-state index contributed by atoms with van der Waals surface area (Å²) in [6, 6.07) is 9.13. The number of H-pyrrole nitrogens is 1. The van der Waals surface area contributed by atoms with Crippen LogP contribution in [-0.4, -0.2) is 26.4 Å². The minimum atomic E-state index is -0.0292. The Morgan fingerprint density at radius 2 is 2.19 bits per heavy atom. The molecule has 0 saturated heterocycles. The van der Waals surface area contributed by atoms with Gasteiger partial charge >= 0.3 is 0 Å². The molecule has 0 aliphatic heterocycles. The molecule has 2 heterocycles. The van der Waals surface area contributed by atoms with Gasteiger partial charge in [0.25, 0.3) is 0 Å². The Hall–Kier alpha value is -2.18. The van der Waals surface area contributed by atoms with Gasteiger partial charge in [0.1, 0.15) is 5.65 Å². The number of hydrogen-bond acceptors (Lipinski definition) is 4. The number of pyridine rings is 1. The lowest BCUT2D eigenvalue weighted by Gasteiger charge is -1.98. The predicted molar refractivity (Wildman–Crippen MR) is 85.1 cm³/mol. The molecule has 6 heteroatoms. The van der Waals surface area contributed by atoms with E-state index in [-0.39, 0.29) is 12.5 Å². The second-order valence-electron chi connectivity index (χ2n) is 4.52. The summed E-state index contributed by atoms with van der Waals surface area (Å²) in [5.41, 5.74) is 2.67. The summed E-state index contributed by atoms with van der Waals surface area (Å²) in [4.78, 5) is 11.3. The van der Waals surface area contributed by atoms with Crippen molar-refractivity contribution in [1.29, 1.82) is 0 Å². The number of benzene rings is 1. The van der Waals surface area contributed by atoms with E-state index >= 15 is 0 Å². The van der Waals surface area contributed by atoms with E-state index in [0.29, 0.717) is 16.9 Å². The highest BCUT2D eigenvalue weighted by Gasteiger charge is 2.10. The lowest BCUT2D eigenvalue weighted by atomic mass is 10.2. The molecule has 0 amide bonds. The maximum atomic E-state index is 9.96. The molecule has 0 radical (unpaired) electrons. The molecule has 0 atom stereocenters. The fraction of sp³-hybridized carbons (Fsp3) is 0.0667. The molecule has 5 nitrogen and oxygen atoms in total. The van der Waals surface area contributed by atoms with E-state index in [1.54, 1.807) is 18.5 Å². The van der Waals surface area contributed by atoms with Crippen molar-refractivity contribution in [2.24, 2.45) is 4.99 Å². The van der Waals surface area contributed by atoms with Crippen molar-refractivity contribution in [3.8, 4) is 5.88 Å². The highest BCUT2D eigenvalue weighted by Crippen LogP contribution is 2.27. The molecule has 106 valence electrons. The van der Waals surface area contributed by atoms with Crippen LogP contribution in [0, 0.1) is 0 Å². The lowest BCUT2D eigenvalue weighted by Crippen LogP contribution is -1.82. The van der Waals surface area contributed by atoms with Crippen LogP contribution in [0.15, 0.2) is 46.0 Å². The van der Waals surface area contributed by atoms with Crippen molar-refractivity contribution >= 4 is 38.9 Å². The number of rotatable bonds is 3. The summed E-state index contributed by atoms with van der Waals surface area (Å²) in [5.74, 6) is 0.0256. The van der Waals surface area contributed by atoms with E-state index < -0.39 is 0 Å². The smallest absolute Gasteiger partial charge is 0.199 e. The SMILES string of the molecule is OCc1cccc(N=Cc2c(O)[nH]c3ncc(Br)cc23)c1. The van der Waals surface area contributed by atoms with Gasteiger partial charge in [-0.15, -0.1) is 0 Å². The molecule has 3 N–H and O–H groups in total. The summed E-state index contributed by atoms with van der Waals surface area (Å²) in [7, 11) is 0. The first kappa shape index (κ1) is 13.8. The van der Waals surface area contributed by atoms with Gasteiger partial charge in [0, 0.05) is 22.3 Å². The third-order valence-corrected chi connectivity index (χ3v) is 3.51. The minimum Gasteiger partial charge on any atom is -0.494 e. The van der Waals surface area contributed by atoms with Crippen LogP contribution in [0.2, 0.25) is 0 Å². The van der Waals surface area contributed by atoms with E-state index in [1.165, 1.54) is 0 Å². The molecule has 3 rings (SSSR count). The normalized spacial score (nSPS) is 11.5. The van der Waals surface area contributed by atoms with Crippen LogP contribution in [-0.2, 0) is 6.61 Å². The van der Waals surface area contributed by atoms with Gasteiger partial charge < -0.3 is 15.2 Å². The number of nitrogens with one attached hydrogen (secondary N) is 1. The number of halogens is 1. The largest absolute Gasteiger partial charge is 0.494 e. The zero-order valence-corrected chi connectivity index (χ0v) is 12.5. The van der Waals surface area contributed by atoms with Gasteiger partial charge in [-0.2, -0.15) is 0 Å². The molecule has 0 aliphatic rings. The van der Waals surface area contributed by atoms with Gasteiger partial charge in [-0.25, -0.2) is 4.98 Å². The number of aromatic hydroxyl groups is 1. The number of aliphatic imine (C=N–C) groups is 1. The van der Waals surface area contributed by atoms with E-state index in [4.69, 9.17) is 5.11 Å². The number of fused-ring (bicyclic) bond motifs is 1. The molecular weight excluding hydrogens is 334 g/mol.